The minimum Gasteiger partial charge on any atom is -0.497 e. The number of rotatable bonds is 4. The number of ether oxygens (including phenoxy) is 1. The van der Waals surface area contributed by atoms with Crippen LogP contribution in [0.15, 0.2) is 36.7 Å². The topological polar surface area (TPSA) is 85.1 Å². The SMILES string of the molecule is COc1cccc(Nc2cc(NN)ncn2)c1. The number of hydrazine groups is 1. The first-order valence-electron chi connectivity index (χ1n) is 5.01. The summed E-state index contributed by atoms with van der Waals surface area (Å²) in [5, 5.41) is 3.13. The maximum Gasteiger partial charge on any atom is 0.145 e. The van der Waals surface area contributed by atoms with Gasteiger partial charge < -0.3 is 15.5 Å². The molecule has 88 valence electrons. The van der Waals surface area contributed by atoms with E-state index in [0.717, 1.165) is 11.4 Å². The fourth-order valence-electron chi connectivity index (χ4n) is 1.35. The molecule has 0 spiro atoms. The zero-order valence-electron chi connectivity index (χ0n) is 9.34. The Morgan fingerprint density at radius 1 is 1.18 bits per heavy atom. The van der Waals surface area contributed by atoms with E-state index in [4.69, 9.17) is 10.6 Å². The molecule has 0 atom stereocenters. The van der Waals surface area contributed by atoms with Crippen molar-refractivity contribution in [2.24, 2.45) is 5.84 Å². The van der Waals surface area contributed by atoms with Crippen LogP contribution in [-0.4, -0.2) is 17.1 Å². The summed E-state index contributed by atoms with van der Waals surface area (Å²) in [5.74, 6) is 7.25. The molecule has 0 aliphatic carbocycles. The number of hydrogen-bond donors (Lipinski definition) is 3. The predicted octanol–water partition coefficient (Wildman–Crippen LogP) is 1.51. The Bertz CT molecular complexity index is 457. The van der Waals surface area contributed by atoms with Crippen molar-refractivity contribution in [1.82, 2.24) is 9.97 Å². The van der Waals surface area contributed by atoms with Gasteiger partial charge in [-0.2, -0.15) is 0 Å². The van der Waals surface area contributed by atoms with Gasteiger partial charge in [0.15, 0.2) is 0 Å². The van der Waals surface area contributed by atoms with Gasteiger partial charge in [-0.05, 0) is 12.1 Å². The first-order chi connectivity index (χ1) is 8.31. The molecule has 6 heteroatoms. The Hall–Kier alpha value is -2.34. The number of methoxy groups -OCH3 is 1. The molecule has 0 bridgehead atoms. The van der Waals surface area contributed by atoms with Crippen molar-refractivity contribution in [3.63, 3.8) is 0 Å². The Labute approximate surface area is 98.8 Å². The highest BCUT2D eigenvalue weighted by Gasteiger charge is 1.99. The van der Waals surface area contributed by atoms with Crippen molar-refractivity contribution in [1.29, 1.82) is 0 Å². The van der Waals surface area contributed by atoms with Crippen molar-refractivity contribution in [3.8, 4) is 5.75 Å². The first kappa shape index (κ1) is 11.2. The number of nitrogens with one attached hydrogen (secondary N) is 2. The monoisotopic (exact) mass is 231 g/mol. The Morgan fingerprint density at radius 3 is 2.76 bits per heavy atom. The molecule has 0 fully saturated rings. The highest BCUT2D eigenvalue weighted by atomic mass is 16.5. The Balaban J connectivity index is 2.18. The molecule has 2 rings (SSSR count). The van der Waals surface area contributed by atoms with Gasteiger partial charge >= 0.3 is 0 Å². The van der Waals surface area contributed by atoms with E-state index < -0.39 is 0 Å². The number of nitrogens with zero attached hydrogens (tertiary/aromatic N) is 2. The van der Waals surface area contributed by atoms with E-state index in [0.29, 0.717) is 11.6 Å². The summed E-state index contributed by atoms with van der Waals surface area (Å²) < 4.78 is 5.13. The lowest BCUT2D eigenvalue weighted by Crippen LogP contribution is -2.09. The molecule has 0 amide bonds. The molecule has 0 unspecified atom stereocenters. The molecule has 6 nitrogen and oxygen atoms in total. The lowest BCUT2D eigenvalue weighted by molar-refractivity contribution is 0.415. The second-order valence-electron chi connectivity index (χ2n) is 3.29. The van der Waals surface area contributed by atoms with Crippen LogP contribution in [0.4, 0.5) is 17.3 Å². The van der Waals surface area contributed by atoms with Crippen LogP contribution < -0.4 is 21.3 Å². The van der Waals surface area contributed by atoms with E-state index in [2.05, 4.69) is 20.7 Å². The smallest absolute Gasteiger partial charge is 0.145 e. The van der Waals surface area contributed by atoms with Crippen LogP contribution >= 0.6 is 0 Å². The quantitative estimate of drug-likeness (QED) is 0.546. The molecule has 1 aromatic carbocycles. The zero-order valence-corrected chi connectivity index (χ0v) is 9.34. The number of nitrogen functional groups attached to an aromatic ring is 1. The van der Waals surface area contributed by atoms with Crippen LogP contribution in [0.3, 0.4) is 0 Å². The minimum absolute atomic E-state index is 0.547. The number of anilines is 3. The molecule has 1 aromatic heterocycles. The fraction of sp³-hybridized carbons (Fsp3) is 0.0909. The van der Waals surface area contributed by atoms with Crippen molar-refractivity contribution in [2.75, 3.05) is 17.9 Å². The maximum absolute atomic E-state index is 5.27. The van der Waals surface area contributed by atoms with Crippen LogP contribution in [-0.2, 0) is 0 Å². The number of benzene rings is 1. The highest BCUT2D eigenvalue weighted by Crippen LogP contribution is 2.20. The van der Waals surface area contributed by atoms with E-state index in [1.165, 1.54) is 6.33 Å². The van der Waals surface area contributed by atoms with Crippen molar-refractivity contribution in [3.05, 3.63) is 36.7 Å². The van der Waals surface area contributed by atoms with Gasteiger partial charge in [-0.3, -0.25) is 0 Å². The lowest BCUT2D eigenvalue weighted by Gasteiger charge is -2.07. The third-order valence-corrected chi connectivity index (χ3v) is 2.16. The van der Waals surface area contributed by atoms with Crippen LogP contribution in [0.2, 0.25) is 0 Å². The van der Waals surface area contributed by atoms with E-state index in [1.807, 2.05) is 24.3 Å². The highest BCUT2D eigenvalue weighted by molar-refractivity contribution is 5.60. The molecular formula is C11H13N5O. The molecule has 0 radical (unpaired) electrons. The summed E-state index contributed by atoms with van der Waals surface area (Å²) >= 11 is 0. The number of aromatic nitrogens is 2. The largest absolute Gasteiger partial charge is 0.497 e. The van der Waals surface area contributed by atoms with Gasteiger partial charge in [-0.25, -0.2) is 15.8 Å². The van der Waals surface area contributed by atoms with Gasteiger partial charge in [-0.15, -0.1) is 0 Å². The predicted molar refractivity (Wildman–Crippen MR) is 66.1 cm³/mol. The normalized spacial score (nSPS) is 9.76. The average Bonchev–Trinajstić information content (AvgIpc) is 2.39. The Morgan fingerprint density at radius 2 is 2.00 bits per heavy atom. The summed E-state index contributed by atoms with van der Waals surface area (Å²) in [4.78, 5) is 8.00. The molecule has 0 aliphatic heterocycles. The van der Waals surface area contributed by atoms with Crippen LogP contribution in [0, 0.1) is 0 Å². The van der Waals surface area contributed by atoms with Crippen molar-refractivity contribution in [2.45, 2.75) is 0 Å². The molecule has 17 heavy (non-hydrogen) atoms. The second kappa shape index (κ2) is 5.13. The number of hydrogen-bond acceptors (Lipinski definition) is 6. The Kier molecular flexibility index (Phi) is 3.37. The van der Waals surface area contributed by atoms with E-state index in [1.54, 1.807) is 13.2 Å². The van der Waals surface area contributed by atoms with Gasteiger partial charge in [0.05, 0.1) is 7.11 Å². The number of nitrogens with two attached hydrogens (primary N) is 1. The van der Waals surface area contributed by atoms with E-state index >= 15 is 0 Å². The maximum atomic E-state index is 5.27. The van der Waals surface area contributed by atoms with Gasteiger partial charge in [0, 0.05) is 17.8 Å². The van der Waals surface area contributed by atoms with Crippen molar-refractivity contribution >= 4 is 17.3 Å². The van der Waals surface area contributed by atoms with Gasteiger partial charge in [0.2, 0.25) is 0 Å². The van der Waals surface area contributed by atoms with E-state index in [9.17, 15) is 0 Å². The molecule has 0 aliphatic rings. The van der Waals surface area contributed by atoms with Crippen LogP contribution in [0.5, 0.6) is 5.75 Å². The van der Waals surface area contributed by atoms with E-state index in [-0.39, 0.29) is 0 Å². The molecule has 0 saturated heterocycles. The summed E-state index contributed by atoms with van der Waals surface area (Å²) in [7, 11) is 1.63. The summed E-state index contributed by atoms with van der Waals surface area (Å²) in [6.07, 6.45) is 1.43. The second-order valence-corrected chi connectivity index (χ2v) is 3.29. The minimum atomic E-state index is 0.547. The third kappa shape index (κ3) is 2.82. The molecule has 2 aromatic rings. The van der Waals surface area contributed by atoms with Gasteiger partial charge in [0.25, 0.3) is 0 Å². The molecule has 0 saturated carbocycles. The van der Waals surface area contributed by atoms with Crippen LogP contribution in [0.25, 0.3) is 0 Å². The average molecular weight is 231 g/mol. The van der Waals surface area contributed by atoms with Gasteiger partial charge in [-0.1, -0.05) is 6.07 Å². The van der Waals surface area contributed by atoms with Crippen molar-refractivity contribution < 1.29 is 4.74 Å². The zero-order chi connectivity index (χ0) is 12.1. The lowest BCUT2D eigenvalue weighted by atomic mass is 10.3. The molecule has 1 heterocycles. The summed E-state index contributed by atoms with van der Waals surface area (Å²) in [5.41, 5.74) is 3.34. The fourth-order valence-corrected chi connectivity index (χ4v) is 1.35. The van der Waals surface area contributed by atoms with Crippen LogP contribution in [0.1, 0.15) is 0 Å². The summed E-state index contributed by atoms with van der Waals surface area (Å²) in [6.45, 7) is 0. The van der Waals surface area contributed by atoms with Gasteiger partial charge in [0.1, 0.15) is 23.7 Å². The standard InChI is InChI=1S/C11H13N5O/c1-17-9-4-2-3-8(5-9)15-10-6-11(16-12)14-7-13-10/h2-7H,12H2,1H3,(H2,13,14,15,16). The third-order valence-electron chi connectivity index (χ3n) is 2.16. The molecular weight excluding hydrogens is 218 g/mol. The first-order valence-corrected chi connectivity index (χ1v) is 5.01. The summed E-state index contributed by atoms with van der Waals surface area (Å²) in [6, 6.07) is 9.26. The molecule has 4 N–H and O–H groups in total.